The highest BCUT2D eigenvalue weighted by Gasteiger charge is 2.20. The van der Waals surface area contributed by atoms with E-state index in [4.69, 9.17) is 4.74 Å². The van der Waals surface area contributed by atoms with Crippen LogP contribution < -0.4 is 10.3 Å². The molecule has 148 valence electrons. The number of fused-ring (bicyclic) bond motifs is 1. The largest absolute Gasteiger partial charge is 0.494 e. The second-order valence-corrected chi connectivity index (χ2v) is 6.79. The van der Waals surface area contributed by atoms with Crippen LogP contribution in [0.25, 0.3) is 5.78 Å². The molecule has 2 heterocycles. The highest BCUT2D eigenvalue weighted by atomic mass is 16.5. The Labute approximate surface area is 163 Å². The van der Waals surface area contributed by atoms with Crippen LogP contribution >= 0.6 is 0 Å². The summed E-state index contributed by atoms with van der Waals surface area (Å²) in [5.41, 5.74) is 1.99. The molecule has 0 saturated carbocycles. The van der Waals surface area contributed by atoms with Gasteiger partial charge in [-0.3, -0.25) is 14.7 Å². The number of carbonyl (C=O) groups is 1. The number of aromatic amines is 1. The van der Waals surface area contributed by atoms with E-state index in [1.54, 1.807) is 25.8 Å². The molecule has 0 radical (unpaired) electrons. The first-order valence-corrected chi connectivity index (χ1v) is 9.25. The lowest BCUT2D eigenvalue weighted by atomic mass is 10.1. The van der Waals surface area contributed by atoms with Crippen LogP contribution in [0.4, 0.5) is 0 Å². The molecule has 1 N–H and O–H groups in total. The highest BCUT2D eigenvalue weighted by Crippen LogP contribution is 2.22. The fourth-order valence-corrected chi connectivity index (χ4v) is 2.94. The summed E-state index contributed by atoms with van der Waals surface area (Å²) in [6.45, 7) is 8.00. The number of hydrogen-bond acceptors (Lipinski definition) is 5. The molecule has 0 fully saturated rings. The summed E-state index contributed by atoms with van der Waals surface area (Å²) in [6, 6.07) is 7.59. The van der Waals surface area contributed by atoms with Crippen molar-refractivity contribution >= 4 is 11.7 Å². The Balaban J connectivity index is 1.75. The molecule has 0 aliphatic rings. The molecule has 1 aromatic carbocycles. The molecular formula is C20H25N5O3. The Kier molecular flexibility index (Phi) is 5.48. The van der Waals surface area contributed by atoms with Gasteiger partial charge in [-0.15, -0.1) is 0 Å². The summed E-state index contributed by atoms with van der Waals surface area (Å²) in [6.07, 6.45) is 0.0543. The highest BCUT2D eigenvalue weighted by molar-refractivity contribution is 5.78. The average molecular weight is 383 g/mol. The fourth-order valence-electron chi connectivity index (χ4n) is 2.94. The first-order valence-electron chi connectivity index (χ1n) is 9.25. The predicted molar refractivity (Wildman–Crippen MR) is 106 cm³/mol. The third-order valence-electron chi connectivity index (χ3n) is 4.98. The maximum absolute atomic E-state index is 12.7. The van der Waals surface area contributed by atoms with Crippen molar-refractivity contribution in [3.05, 3.63) is 57.3 Å². The molecule has 1 amide bonds. The van der Waals surface area contributed by atoms with Crippen LogP contribution in [0.3, 0.4) is 0 Å². The van der Waals surface area contributed by atoms with Gasteiger partial charge in [0.15, 0.2) is 0 Å². The second-order valence-electron chi connectivity index (χ2n) is 6.79. The molecule has 28 heavy (non-hydrogen) atoms. The molecule has 0 spiro atoms. The third-order valence-corrected chi connectivity index (χ3v) is 4.98. The van der Waals surface area contributed by atoms with Gasteiger partial charge in [-0.25, -0.2) is 4.98 Å². The summed E-state index contributed by atoms with van der Waals surface area (Å²) >= 11 is 0. The zero-order valence-corrected chi connectivity index (χ0v) is 16.8. The Bertz CT molecular complexity index is 1050. The fraction of sp³-hybridized carbons (Fsp3) is 0.400. The number of amides is 1. The Morgan fingerprint density at radius 1 is 1.25 bits per heavy atom. The van der Waals surface area contributed by atoms with Gasteiger partial charge in [0.2, 0.25) is 5.91 Å². The smallest absolute Gasteiger partial charge is 0.277 e. The first-order chi connectivity index (χ1) is 13.3. The zero-order chi connectivity index (χ0) is 20.4. The minimum Gasteiger partial charge on any atom is -0.494 e. The van der Waals surface area contributed by atoms with Gasteiger partial charge in [-0.2, -0.15) is 9.50 Å². The molecule has 8 heteroatoms. The van der Waals surface area contributed by atoms with Gasteiger partial charge in [0.1, 0.15) is 11.6 Å². The van der Waals surface area contributed by atoms with E-state index in [1.165, 1.54) is 4.52 Å². The van der Waals surface area contributed by atoms with Gasteiger partial charge >= 0.3 is 0 Å². The van der Waals surface area contributed by atoms with Crippen molar-refractivity contribution in [3.8, 4) is 5.75 Å². The second kappa shape index (κ2) is 7.84. The van der Waals surface area contributed by atoms with Crippen LogP contribution in [0.2, 0.25) is 0 Å². The number of ether oxygens (including phenoxy) is 1. The SMILES string of the molecule is CCOc1ccc(C(C)N(C)C(=O)Cc2nc3nc(C)c(C)c(=O)n3[nH]2)cc1. The van der Waals surface area contributed by atoms with E-state index in [2.05, 4.69) is 15.1 Å². The van der Waals surface area contributed by atoms with Gasteiger partial charge in [0.05, 0.1) is 19.1 Å². The van der Waals surface area contributed by atoms with Crippen molar-refractivity contribution in [1.82, 2.24) is 24.5 Å². The Morgan fingerprint density at radius 2 is 1.93 bits per heavy atom. The van der Waals surface area contributed by atoms with E-state index in [0.29, 0.717) is 23.7 Å². The number of carbonyl (C=O) groups excluding carboxylic acids is 1. The van der Waals surface area contributed by atoms with Crippen LogP contribution in [-0.2, 0) is 11.2 Å². The van der Waals surface area contributed by atoms with E-state index in [-0.39, 0.29) is 29.7 Å². The molecule has 0 saturated heterocycles. The molecule has 3 aromatic rings. The first kappa shape index (κ1) is 19.6. The van der Waals surface area contributed by atoms with E-state index in [1.807, 2.05) is 38.1 Å². The summed E-state index contributed by atoms with van der Waals surface area (Å²) in [7, 11) is 1.75. The van der Waals surface area contributed by atoms with Gasteiger partial charge < -0.3 is 9.64 Å². The zero-order valence-electron chi connectivity index (χ0n) is 16.8. The third kappa shape index (κ3) is 3.76. The molecule has 0 aliphatic heterocycles. The maximum Gasteiger partial charge on any atom is 0.277 e. The van der Waals surface area contributed by atoms with Crippen LogP contribution in [0.15, 0.2) is 29.1 Å². The quantitative estimate of drug-likeness (QED) is 0.704. The van der Waals surface area contributed by atoms with Gasteiger partial charge in [0.25, 0.3) is 11.3 Å². The summed E-state index contributed by atoms with van der Waals surface area (Å²) in [5, 5.41) is 2.88. The van der Waals surface area contributed by atoms with Crippen molar-refractivity contribution in [1.29, 1.82) is 0 Å². The summed E-state index contributed by atoms with van der Waals surface area (Å²) < 4.78 is 6.73. The van der Waals surface area contributed by atoms with E-state index in [0.717, 1.165) is 11.3 Å². The standard InChI is InChI=1S/C20H25N5O3/c1-6-28-16-9-7-15(8-10-16)14(4)24(5)18(26)11-17-22-20-21-13(3)12(2)19(27)25(20)23-17/h7-10,14H,6,11H2,1-5H3,(H,21,22,23). The number of aromatic nitrogens is 4. The molecule has 1 unspecified atom stereocenters. The number of rotatable bonds is 6. The predicted octanol–water partition coefficient (Wildman–Crippen LogP) is 2.20. The number of nitrogens with zero attached hydrogens (tertiary/aromatic N) is 4. The molecule has 8 nitrogen and oxygen atoms in total. The lowest BCUT2D eigenvalue weighted by molar-refractivity contribution is -0.131. The van der Waals surface area contributed by atoms with Crippen LogP contribution in [0.1, 0.15) is 42.5 Å². The maximum atomic E-state index is 12.7. The van der Waals surface area contributed by atoms with E-state index < -0.39 is 0 Å². The molecule has 3 rings (SSSR count). The van der Waals surface area contributed by atoms with Crippen molar-refractivity contribution in [3.63, 3.8) is 0 Å². The molecular weight excluding hydrogens is 358 g/mol. The average Bonchev–Trinajstić information content (AvgIpc) is 3.08. The summed E-state index contributed by atoms with van der Waals surface area (Å²) in [5.74, 6) is 1.38. The lowest BCUT2D eigenvalue weighted by Crippen LogP contribution is -2.31. The van der Waals surface area contributed by atoms with Crippen LogP contribution in [-0.4, -0.2) is 44.0 Å². The number of aryl methyl sites for hydroxylation is 1. The Morgan fingerprint density at radius 3 is 2.57 bits per heavy atom. The van der Waals surface area contributed by atoms with Crippen molar-refractivity contribution < 1.29 is 9.53 Å². The Hall–Kier alpha value is -3.16. The van der Waals surface area contributed by atoms with Crippen molar-refractivity contribution in [2.24, 2.45) is 0 Å². The number of hydrogen-bond donors (Lipinski definition) is 1. The van der Waals surface area contributed by atoms with E-state index in [9.17, 15) is 9.59 Å². The lowest BCUT2D eigenvalue weighted by Gasteiger charge is -2.25. The van der Waals surface area contributed by atoms with Crippen LogP contribution in [0, 0.1) is 13.8 Å². The monoisotopic (exact) mass is 383 g/mol. The van der Waals surface area contributed by atoms with E-state index >= 15 is 0 Å². The number of likely N-dealkylation sites (N-methyl/N-ethyl adjacent to an activating group) is 1. The van der Waals surface area contributed by atoms with Gasteiger partial charge in [-0.1, -0.05) is 12.1 Å². The molecule has 1 atom stereocenters. The number of H-pyrrole nitrogens is 1. The molecule has 0 aliphatic carbocycles. The number of nitrogens with one attached hydrogen (secondary N) is 1. The summed E-state index contributed by atoms with van der Waals surface area (Å²) in [4.78, 5) is 35.3. The van der Waals surface area contributed by atoms with Gasteiger partial charge in [-0.05, 0) is 45.4 Å². The number of benzene rings is 1. The van der Waals surface area contributed by atoms with Crippen molar-refractivity contribution in [2.45, 2.75) is 40.2 Å². The van der Waals surface area contributed by atoms with Gasteiger partial charge in [0, 0.05) is 18.3 Å². The molecule has 2 aromatic heterocycles. The molecule has 0 bridgehead atoms. The van der Waals surface area contributed by atoms with Crippen molar-refractivity contribution in [2.75, 3.05) is 13.7 Å². The minimum absolute atomic E-state index is 0.0543. The minimum atomic E-state index is -0.204. The topological polar surface area (TPSA) is 92.6 Å². The van der Waals surface area contributed by atoms with Crippen LogP contribution in [0.5, 0.6) is 5.75 Å². The normalized spacial score (nSPS) is 12.2.